The van der Waals surface area contributed by atoms with Crippen molar-refractivity contribution in [1.82, 2.24) is 14.5 Å². The fraction of sp³-hybridized carbons (Fsp3) is 0.625. The van der Waals surface area contributed by atoms with E-state index in [1.165, 1.54) is 17.5 Å². The van der Waals surface area contributed by atoms with E-state index < -0.39 is 10.0 Å². The molecule has 0 amide bonds. The molecule has 1 aromatic heterocycles. The number of hydrogen-bond donors (Lipinski definition) is 2. The highest BCUT2D eigenvalue weighted by molar-refractivity contribution is 7.89. The van der Waals surface area contributed by atoms with E-state index in [0.717, 1.165) is 6.42 Å². The molecule has 6 nitrogen and oxygen atoms in total. The average molecular weight is 232 g/mol. The average Bonchev–Trinajstić information content (AvgIpc) is 2.62. The summed E-state index contributed by atoms with van der Waals surface area (Å²) in [5, 5.41) is 6.01. The van der Waals surface area contributed by atoms with E-state index >= 15 is 0 Å². The number of aromatic amines is 1. The van der Waals surface area contributed by atoms with Crippen LogP contribution in [0.1, 0.15) is 20.3 Å². The standard InChI is InChI=1S/C8H16N4O2S/c1-4-6(2)12(3)15(13,14)7-5-10-11-8(7)9/h5-6H,4H2,1-3H3,(H3,9,10,11). The molecule has 0 aliphatic heterocycles. The number of aromatic nitrogens is 2. The number of hydrogen-bond acceptors (Lipinski definition) is 4. The van der Waals surface area contributed by atoms with Crippen LogP contribution in [0.25, 0.3) is 0 Å². The maximum absolute atomic E-state index is 12.0. The second kappa shape index (κ2) is 4.19. The first-order valence-electron chi connectivity index (χ1n) is 4.68. The molecular weight excluding hydrogens is 216 g/mol. The third-order valence-corrected chi connectivity index (χ3v) is 4.50. The van der Waals surface area contributed by atoms with Gasteiger partial charge in [0.1, 0.15) is 10.7 Å². The van der Waals surface area contributed by atoms with Crippen molar-refractivity contribution in [2.45, 2.75) is 31.2 Å². The highest BCUT2D eigenvalue weighted by Gasteiger charge is 2.27. The summed E-state index contributed by atoms with van der Waals surface area (Å²) in [6, 6.07) is -0.0655. The van der Waals surface area contributed by atoms with E-state index in [0.29, 0.717) is 0 Å². The van der Waals surface area contributed by atoms with Gasteiger partial charge in [-0.05, 0) is 13.3 Å². The van der Waals surface area contributed by atoms with Crippen molar-refractivity contribution in [3.63, 3.8) is 0 Å². The first-order valence-corrected chi connectivity index (χ1v) is 6.12. The molecule has 0 aliphatic carbocycles. The van der Waals surface area contributed by atoms with Gasteiger partial charge in [-0.25, -0.2) is 8.42 Å². The lowest BCUT2D eigenvalue weighted by Gasteiger charge is -2.22. The fourth-order valence-corrected chi connectivity index (χ4v) is 2.58. The summed E-state index contributed by atoms with van der Waals surface area (Å²) in [6.07, 6.45) is 1.97. The Balaban J connectivity index is 3.09. The van der Waals surface area contributed by atoms with Crippen molar-refractivity contribution in [3.8, 4) is 0 Å². The monoisotopic (exact) mass is 232 g/mol. The molecule has 15 heavy (non-hydrogen) atoms. The van der Waals surface area contributed by atoms with Crippen LogP contribution in [0.4, 0.5) is 5.82 Å². The lowest BCUT2D eigenvalue weighted by atomic mass is 10.3. The van der Waals surface area contributed by atoms with Crippen molar-refractivity contribution in [1.29, 1.82) is 0 Å². The van der Waals surface area contributed by atoms with Crippen LogP contribution >= 0.6 is 0 Å². The number of nitrogens with two attached hydrogens (primary N) is 1. The summed E-state index contributed by atoms with van der Waals surface area (Å²) >= 11 is 0. The van der Waals surface area contributed by atoms with Gasteiger partial charge in [0.25, 0.3) is 0 Å². The Morgan fingerprint density at radius 1 is 1.67 bits per heavy atom. The van der Waals surface area contributed by atoms with Crippen molar-refractivity contribution in [3.05, 3.63) is 6.20 Å². The Kier molecular flexibility index (Phi) is 3.35. The molecule has 0 aromatic carbocycles. The Labute approximate surface area is 89.5 Å². The van der Waals surface area contributed by atoms with Gasteiger partial charge in [0, 0.05) is 13.1 Å². The Morgan fingerprint density at radius 3 is 2.67 bits per heavy atom. The maximum atomic E-state index is 12.0. The van der Waals surface area contributed by atoms with Crippen molar-refractivity contribution in [2.24, 2.45) is 0 Å². The quantitative estimate of drug-likeness (QED) is 0.786. The molecule has 1 atom stereocenters. The zero-order valence-corrected chi connectivity index (χ0v) is 9.87. The number of anilines is 1. The van der Waals surface area contributed by atoms with Gasteiger partial charge in [0.15, 0.2) is 0 Å². The van der Waals surface area contributed by atoms with E-state index in [2.05, 4.69) is 10.2 Å². The molecule has 0 spiro atoms. The summed E-state index contributed by atoms with van der Waals surface area (Å²) in [6.45, 7) is 3.77. The number of nitrogen functional groups attached to an aromatic ring is 1. The van der Waals surface area contributed by atoms with Crippen LogP contribution in [-0.2, 0) is 10.0 Å². The lowest BCUT2D eigenvalue weighted by Crippen LogP contribution is -2.34. The van der Waals surface area contributed by atoms with Gasteiger partial charge in [-0.15, -0.1) is 0 Å². The van der Waals surface area contributed by atoms with Gasteiger partial charge in [-0.2, -0.15) is 9.40 Å². The van der Waals surface area contributed by atoms with E-state index in [-0.39, 0.29) is 16.8 Å². The second-order valence-corrected chi connectivity index (χ2v) is 5.39. The highest BCUT2D eigenvalue weighted by Crippen LogP contribution is 2.20. The third kappa shape index (κ3) is 2.13. The second-order valence-electron chi connectivity index (χ2n) is 3.43. The van der Waals surface area contributed by atoms with Gasteiger partial charge in [0.2, 0.25) is 10.0 Å². The molecule has 0 radical (unpaired) electrons. The minimum atomic E-state index is -3.52. The van der Waals surface area contributed by atoms with Crippen LogP contribution in [0.2, 0.25) is 0 Å². The van der Waals surface area contributed by atoms with Crippen LogP contribution < -0.4 is 5.73 Å². The smallest absolute Gasteiger partial charge is 0.248 e. The largest absolute Gasteiger partial charge is 0.383 e. The van der Waals surface area contributed by atoms with Gasteiger partial charge < -0.3 is 5.73 Å². The van der Waals surface area contributed by atoms with Gasteiger partial charge in [0.05, 0.1) is 6.20 Å². The number of rotatable bonds is 4. The summed E-state index contributed by atoms with van der Waals surface area (Å²) < 4.78 is 25.3. The number of sulfonamides is 1. The Morgan fingerprint density at radius 2 is 2.27 bits per heavy atom. The molecule has 3 N–H and O–H groups in total. The molecule has 0 saturated carbocycles. The van der Waals surface area contributed by atoms with E-state index in [4.69, 9.17) is 5.73 Å². The molecule has 1 rings (SSSR count). The lowest BCUT2D eigenvalue weighted by molar-refractivity contribution is 0.381. The normalized spacial score (nSPS) is 14.4. The van der Waals surface area contributed by atoms with Crippen LogP contribution in [0.3, 0.4) is 0 Å². The van der Waals surface area contributed by atoms with Crippen molar-refractivity contribution in [2.75, 3.05) is 12.8 Å². The molecule has 0 bridgehead atoms. The zero-order valence-electron chi connectivity index (χ0n) is 9.06. The van der Waals surface area contributed by atoms with Crippen molar-refractivity contribution >= 4 is 15.8 Å². The summed E-state index contributed by atoms with van der Waals surface area (Å²) in [4.78, 5) is 0.0327. The summed E-state index contributed by atoms with van der Waals surface area (Å²) in [5.41, 5.74) is 5.48. The predicted molar refractivity (Wildman–Crippen MR) is 57.7 cm³/mol. The molecule has 0 fully saturated rings. The number of nitrogens with one attached hydrogen (secondary N) is 1. The minimum absolute atomic E-state index is 0.0327. The highest BCUT2D eigenvalue weighted by atomic mass is 32.2. The number of H-pyrrole nitrogens is 1. The van der Waals surface area contributed by atoms with E-state index in [9.17, 15) is 8.42 Å². The topological polar surface area (TPSA) is 92.1 Å². The molecule has 86 valence electrons. The Bertz CT molecular complexity index is 426. The first kappa shape index (κ1) is 12.0. The van der Waals surface area contributed by atoms with Gasteiger partial charge in [-0.3, -0.25) is 5.10 Å². The molecular formula is C8H16N4O2S. The van der Waals surface area contributed by atoms with Gasteiger partial charge in [-0.1, -0.05) is 6.92 Å². The van der Waals surface area contributed by atoms with E-state index in [1.807, 2.05) is 13.8 Å². The molecule has 1 heterocycles. The van der Waals surface area contributed by atoms with Crippen LogP contribution in [0.15, 0.2) is 11.1 Å². The van der Waals surface area contributed by atoms with Crippen LogP contribution in [0.5, 0.6) is 0 Å². The third-order valence-electron chi connectivity index (χ3n) is 2.50. The Hall–Kier alpha value is -1.08. The summed E-state index contributed by atoms with van der Waals surface area (Å²) in [7, 11) is -1.99. The molecule has 0 aliphatic rings. The predicted octanol–water partition coefficient (Wildman–Crippen LogP) is 0.411. The zero-order chi connectivity index (χ0) is 11.6. The fourth-order valence-electron chi connectivity index (χ4n) is 1.14. The molecule has 1 aromatic rings. The first-order chi connectivity index (χ1) is 6.91. The van der Waals surface area contributed by atoms with Crippen molar-refractivity contribution < 1.29 is 8.42 Å². The molecule has 7 heteroatoms. The molecule has 0 saturated heterocycles. The van der Waals surface area contributed by atoms with Crippen LogP contribution in [0, 0.1) is 0 Å². The maximum Gasteiger partial charge on any atom is 0.248 e. The number of nitrogens with zero attached hydrogens (tertiary/aromatic N) is 2. The summed E-state index contributed by atoms with van der Waals surface area (Å²) in [5.74, 6) is 0.0742. The van der Waals surface area contributed by atoms with Crippen LogP contribution in [-0.4, -0.2) is 36.0 Å². The minimum Gasteiger partial charge on any atom is -0.383 e. The SMILES string of the molecule is CCC(C)N(C)S(=O)(=O)c1cn[nH]c1N. The van der Waals surface area contributed by atoms with Gasteiger partial charge >= 0.3 is 0 Å². The van der Waals surface area contributed by atoms with E-state index in [1.54, 1.807) is 0 Å². The molecule has 1 unspecified atom stereocenters.